The molecule has 0 aliphatic rings. The van der Waals surface area contributed by atoms with Crippen LogP contribution >= 0.6 is 0 Å². The third-order valence-corrected chi connectivity index (χ3v) is 2.77. The summed E-state index contributed by atoms with van der Waals surface area (Å²) in [6.07, 6.45) is 3.96. The molecule has 0 aliphatic carbocycles. The van der Waals surface area contributed by atoms with Gasteiger partial charge in [0.2, 0.25) is 11.8 Å². The molecule has 1 N–H and O–H groups in total. The predicted molar refractivity (Wildman–Crippen MR) is 69.2 cm³/mol. The highest BCUT2D eigenvalue weighted by Gasteiger charge is 2.07. The fourth-order valence-electron chi connectivity index (χ4n) is 1.80. The highest BCUT2D eigenvalue weighted by Crippen LogP contribution is 2.07. The van der Waals surface area contributed by atoms with Gasteiger partial charge in [0.25, 0.3) is 0 Å². The van der Waals surface area contributed by atoms with E-state index in [9.17, 15) is 0 Å². The molecular weight excluding hydrogens is 228 g/mol. The Kier molecular flexibility index (Phi) is 4.52. The van der Waals surface area contributed by atoms with Crippen molar-refractivity contribution >= 4 is 0 Å². The zero-order valence-corrected chi connectivity index (χ0v) is 11.0. The average Bonchev–Trinajstić information content (AvgIpc) is 3.00. The van der Waals surface area contributed by atoms with Crippen molar-refractivity contribution < 1.29 is 4.42 Å². The van der Waals surface area contributed by atoms with E-state index in [1.807, 2.05) is 19.2 Å². The first-order valence-corrected chi connectivity index (χ1v) is 6.49. The summed E-state index contributed by atoms with van der Waals surface area (Å²) < 4.78 is 7.66. The minimum absolute atomic E-state index is 0.642. The molecule has 0 atom stereocenters. The fraction of sp³-hybridized carbons (Fsp3) is 0.538. The standard InChI is InChI=1S/C13H20N4O/c1-3-7-14-9-11-6-5-8-17(11)10-13-16-15-12(4-2)18-13/h5-6,8,14H,3-4,7,9-10H2,1-2H3. The van der Waals surface area contributed by atoms with Gasteiger partial charge in [0.05, 0.1) is 0 Å². The Morgan fingerprint density at radius 3 is 2.83 bits per heavy atom. The summed E-state index contributed by atoms with van der Waals surface area (Å²) in [4.78, 5) is 0. The highest BCUT2D eigenvalue weighted by molar-refractivity contribution is 5.08. The van der Waals surface area contributed by atoms with E-state index in [-0.39, 0.29) is 0 Å². The lowest BCUT2D eigenvalue weighted by Crippen LogP contribution is -2.17. The molecule has 0 bridgehead atoms. The van der Waals surface area contributed by atoms with Gasteiger partial charge in [-0.15, -0.1) is 10.2 Å². The van der Waals surface area contributed by atoms with E-state index < -0.39 is 0 Å². The normalized spacial score (nSPS) is 11.0. The smallest absolute Gasteiger partial charge is 0.236 e. The van der Waals surface area contributed by atoms with Crippen LogP contribution in [0.25, 0.3) is 0 Å². The van der Waals surface area contributed by atoms with E-state index in [2.05, 4.69) is 33.1 Å². The lowest BCUT2D eigenvalue weighted by Gasteiger charge is -2.07. The molecule has 0 radical (unpaired) electrons. The number of aryl methyl sites for hydroxylation is 1. The van der Waals surface area contributed by atoms with E-state index in [0.29, 0.717) is 18.3 Å². The minimum Gasteiger partial charge on any atom is -0.423 e. The second-order valence-electron chi connectivity index (χ2n) is 4.25. The number of nitrogens with zero attached hydrogens (tertiary/aromatic N) is 3. The first kappa shape index (κ1) is 12.8. The molecule has 2 heterocycles. The Balaban J connectivity index is 1.98. The van der Waals surface area contributed by atoms with Gasteiger partial charge >= 0.3 is 0 Å². The van der Waals surface area contributed by atoms with E-state index in [4.69, 9.17) is 4.42 Å². The van der Waals surface area contributed by atoms with Crippen molar-refractivity contribution in [1.29, 1.82) is 0 Å². The van der Waals surface area contributed by atoms with Gasteiger partial charge in [-0.3, -0.25) is 0 Å². The van der Waals surface area contributed by atoms with Gasteiger partial charge in [-0.2, -0.15) is 0 Å². The zero-order chi connectivity index (χ0) is 12.8. The van der Waals surface area contributed by atoms with E-state index >= 15 is 0 Å². The molecule has 0 saturated heterocycles. The molecule has 5 heteroatoms. The van der Waals surface area contributed by atoms with Crippen molar-refractivity contribution in [3.05, 3.63) is 35.8 Å². The molecule has 0 amide bonds. The maximum Gasteiger partial charge on any atom is 0.236 e. The van der Waals surface area contributed by atoms with Gasteiger partial charge < -0.3 is 14.3 Å². The minimum atomic E-state index is 0.642. The van der Waals surface area contributed by atoms with Crippen LogP contribution in [-0.2, 0) is 19.5 Å². The van der Waals surface area contributed by atoms with Crippen molar-refractivity contribution in [2.45, 2.75) is 39.8 Å². The van der Waals surface area contributed by atoms with Crippen LogP contribution in [0.5, 0.6) is 0 Å². The van der Waals surface area contributed by atoms with E-state index in [1.165, 1.54) is 5.69 Å². The Bertz CT molecular complexity index is 475. The van der Waals surface area contributed by atoms with Gasteiger partial charge in [-0.1, -0.05) is 13.8 Å². The summed E-state index contributed by atoms with van der Waals surface area (Å²) in [5.74, 6) is 1.36. The molecule has 5 nitrogen and oxygen atoms in total. The molecule has 0 unspecified atom stereocenters. The topological polar surface area (TPSA) is 55.9 Å². The monoisotopic (exact) mass is 248 g/mol. The van der Waals surface area contributed by atoms with Crippen LogP contribution < -0.4 is 5.32 Å². The molecule has 0 saturated carbocycles. The SMILES string of the molecule is CCCNCc1cccn1Cc1nnc(CC)o1. The second kappa shape index (κ2) is 6.35. The molecule has 0 fully saturated rings. The van der Waals surface area contributed by atoms with Crippen LogP contribution in [-0.4, -0.2) is 21.3 Å². The molecule has 2 aromatic rings. The maximum absolute atomic E-state index is 5.52. The second-order valence-corrected chi connectivity index (χ2v) is 4.25. The third-order valence-electron chi connectivity index (χ3n) is 2.77. The van der Waals surface area contributed by atoms with E-state index in [1.54, 1.807) is 0 Å². The Morgan fingerprint density at radius 2 is 2.11 bits per heavy atom. The number of rotatable bonds is 7. The zero-order valence-electron chi connectivity index (χ0n) is 11.0. The number of aromatic nitrogens is 3. The molecule has 98 valence electrons. The summed E-state index contributed by atoms with van der Waals surface area (Å²) in [5, 5.41) is 11.4. The predicted octanol–water partition coefficient (Wildman–Crippen LogP) is 1.98. The molecule has 0 aliphatic heterocycles. The lowest BCUT2D eigenvalue weighted by molar-refractivity contribution is 0.439. The van der Waals surface area contributed by atoms with Gasteiger partial charge in [-0.25, -0.2) is 0 Å². The highest BCUT2D eigenvalue weighted by atomic mass is 16.4. The van der Waals surface area contributed by atoms with Crippen molar-refractivity contribution in [3.8, 4) is 0 Å². The third kappa shape index (κ3) is 3.20. The summed E-state index contributed by atoms with van der Waals surface area (Å²) in [5.41, 5.74) is 1.24. The van der Waals surface area contributed by atoms with Gasteiger partial charge in [0, 0.05) is 24.9 Å². The van der Waals surface area contributed by atoms with E-state index in [0.717, 1.165) is 25.9 Å². The van der Waals surface area contributed by atoms with Crippen molar-refractivity contribution in [3.63, 3.8) is 0 Å². The maximum atomic E-state index is 5.52. The molecule has 0 aromatic carbocycles. The van der Waals surface area contributed by atoms with Crippen molar-refractivity contribution in [2.24, 2.45) is 0 Å². The van der Waals surface area contributed by atoms with Gasteiger partial charge in [0.15, 0.2) is 0 Å². The van der Waals surface area contributed by atoms with Crippen LogP contribution in [0.1, 0.15) is 37.7 Å². The number of nitrogens with one attached hydrogen (secondary N) is 1. The molecule has 0 spiro atoms. The van der Waals surface area contributed by atoms with Crippen LogP contribution in [0.3, 0.4) is 0 Å². The summed E-state index contributed by atoms with van der Waals surface area (Å²) in [7, 11) is 0. The number of hydrogen-bond acceptors (Lipinski definition) is 4. The average molecular weight is 248 g/mol. The van der Waals surface area contributed by atoms with Crippen molar-refractivity contribution in [1.82, 2.24) is 20.1 Å². The summed E-state index contributed by atoms with van der Waals surface area (Å²) >= 11 is 0. The largest absolute Gasteiger partial charge is 0.423 e. The molecule has 18 heavy (non-hydrogen) atoms. The number of hydrogen-bond donors (Lipinski definition) is 1. The summed E-state index contributed by atoms with van der Waals surface area (Å²) in [6, 6.07) is 4.15. The Hall–Kier alpha value is -1.62. The van der Waals surface area contributed by atoms with Gasteiger partial charge in [-0.05, 0) is 25.1 Å². The van der Waals surface area contributed by atoms with Crippen molar-refractivity contribution in [2.75, 3.05) is 6.54 Å². The quantitative estimate of drug-likeness (QED) is 0.761. The fourth-order valence-corrected chi connectivity index (χ4v) is 1.80. The van der Waals surface area contributed by atoms with Crippen LogP contribution in [0, 0.1) is 0 Å². The van der Waals surface area contributed by atoms with Crippen LogP contribution in [0.4, 0.5) is 0 Å². The first-order chi connectivity index (χ1) is 8.83. The Morgan fingerprint density at radius 1 is 1.28 bits per heavy atom. The van der Waals surface area contributed by atoms with Gasteiger partial charge in [0.1, 0.15) is 6.54 Å². The summed E-state index contributed by atoms with van der Waals surface area (Å²) in [6.45, 7) is 6.72. The lowest BCUT2D eigenvalue weighted by atomic mass is 10.4. The Labute approximate surface area is 107 Å². The van der Waals surface area contributed by atoms with Crippen LogP contribution in [0.2, 0.25) is 0 Å². The molecule has 2 aromatic heterocycles. The van der Waals surface area contributed by atoms with Crippen LogP contribution in [0.15, 0.2) is 22.7 Å². The molecular formula is C13H20N4O. The molecule has 2 rings (SSSR count). The first-order valence-electron chi connectivity index (χ1n) is 6.49.